The molecule has 1 aliphatic carbocycles. The highest BCUT2D eigenvalue weighted by Gasteiger charge is 2.32. The second-order valence-corrected chi connectivity index (χ2v) is 5.92. The molecule has 2 aromatic carbocycles. The number of imidazole rings is 1. The summed E-state index contributed by atoms with van der Waals surface area (Å²) >= 11 is 0. The van der Waals surface area contributed by atoms with E-state index >= 15 is 0 Å². The van der Waals surface area contributed by atoms with Gasteiger partial charge in [-0.1, -0.05) is 30.3 Å². The number of fused-ring (bicyclic) bond motifs is 1. The van der Waals surface area contributed by atoms with Gasteiger partial charge in [-0.15, -0.1) is 0 Å². The van der Waals surface area contributed by atoms with Crippen LogP contribution in [0.5, 0.6) is 0 Å². The maximum atomic E-state index is 4.46. The Hall–Kier alpha value is -2.29. The lowest BCUT2D eigenvalue weighted by Gasteiger charge is -2.20. The predicted molar refractivity (Wildman–Crippen MR) is 86.4 cm³/mol. The number of hydrogen-bond acceptors (Lipinski definition) is 2. The minimum atomic E-state index is 0.410. The first-order chi connectivity index (χ1) is 10.3. The molecule has 1 aromatic heterocycles. The molecule has 0 saturated heterocycles. The molecule has 1 heterocycles. The molecular formula is C18H19N3. The van der Waals surface area contributed by atoms with Crippen LogP contribution < -0.4 is 5.32 Å². The molecule has 1 unspecified atom stereocenters. The predicted octanol–water partition coefficient (Wildman–Crippen LogP) is 4.43. The van der Waals surface area contributed by atoms with Gasteiger partial charge in [-0.25, -0.2) is 4.98 Å². The molecular weight excluding hydrogens is 258 g/mol. The van der Waals surface area contributed by atoms with Crippen LogP contribution in [0.15, 0.2) is 48.5 Å². The van der Waals surface area contributed by atoms with Crippen LogP contribution in [0.1, 0.15) is 30.3 Å². The number of anilines is 1. The van der Waals surface area contributed by atoms with Gasteiger partial charge in [-0.3, -0.25) is 0 Å². The molecule has 2 N–H and O–H groups in total. The Balaban J connectivity index is 1.64. The van der Waals surface area contributed by atoms with Gasteiger partial charge in [0.25, 0.3) is 0 Å². The Morgan fingerprint density at radius 2 is 1.95 bits per heavy atom. The number of rotatable bonds is 4. The molecule has 0 aliphatic heterocycles. The number of nitrogens with one attached hydrogen (secondary N) is 2. The molecule has 1 fully saturated rings. The van der Waals surface area contributed by atoms with E-state index in [1.165, 1.54) is 18.4 Å². The molecule has 21 heavy (non-hydrogen) atoms. The zero-order valence-corrected chi connectivity index (χ0v) is 12.1. The molecule has 3 nitrogen and oxygen atoms in total. The van der Waals surface area contributed by atoms with Crippen molar-refractivity contribution in [2.45, 2.75) is 25.8 Å². The van der Waals surface area contributed by atoms with E-state index in [-0.39, 0.29) is 0 Å². The lowest BCUT2D eigenvalue weighted by molar-refractivity contribution is 0.679. The van der Waals surface area contributed by atoms with Crippen LogP contribution in [0.25, 0.3) is 11.0 Å². The summed E-state index contributed by atoms with van der Waals surface area (Å²) in [7, 11) is 0. The summed E-state index contributed by atoms with van der Waals surface area (Å²) in [4.78, 5) is 7.76. The summed E-state index contributed by atoms with van der Waals surface area (Å²) < 4.78 is 0. The minimum Gasteiger partial charge on any atom is -0.378 e. The lowest BCUT2D eigenvalue weighted by Crippen LogP contribution is -2.12. The first kappa shape index (κ1) is 12.5. The second kappa shape index (κ2) is 4.92. The number of aromatic amines is 1. The Bertz CT molecular complexity index is 756. The molecule has 1 atom stereocenters. The second-order valence-electron chi connectivity index (χ2n) is 5.92. The quantitative estimate of drug-likeness (QED) is 0.740. The summed E-state index contributed by atoms with van der Waals surface area (Å²) in [6.45, 7) is 1.99. The van der Waals surface area contributed by atoms with Gasteiger partial charge in [-0.2, -0.15) is 0 Å². The molecule has 1 aliphatic rings. The summed E-state index contributed by atoms with van der Waals surface area (Å²) in [5.41, 5.74) is 4.66. The number of nitrogens with zero attached hydrogens (tertiary/aromatic N) is 1. The SMILES string of the molecule is Cc1nc2ccc(NC(c3ccccc3)C3CC3)cc2[nH]1. The van der Waals surface area contributed by atoms with Gasteiger partial charge in [0.1, 0.15) is 5.82 Å². The van der Waals surface area contributed by atoms with Crippen LogP contribution in [0.3, 0.4) is 0 Å². The topological polar surface area (TPSA) is 40.7 Å². The summed E-state index contributed by atoms with van der Waals surface area (Å²) in [5, 5.41) is 3.71. The van der Waals surface area contributed by atoms with Crippen LogP contribution in [-0.2, 0) is 0 Å². The van der Waals surface area contributed by atoms with Crippen LogP contribution in [-0.4, -0.2) is 9.97 Å². The van der Waals surface area contributed by atoms with E-state index in [9.17, 15) is 0 Å². The van der Waals surface area contributed by atoms with Crippen molar-refractivity contribution >= 4 is 16.7 Å². The fourth-order valence-corrected chi connectivity index (χ4v) is 2.97. The highest BCUT2D eigenvalue weighted by molar-refractivity contribution is 5.79. The van der Waals surface area contributed by atoms with Crippen molar-refractivity contribution < 1.29 is 0 Å². The fourth-order valence-electron chi connectivity index (χ4n) is 2.97. The molecule has 4 rings (SSSR count). The maximum Gasteiger partial charge on any atom is 0.104 e. The number of aromatic nitrogens is 2. The Kier molecular flexibility index (Phi) is 2.92. The number of H-pyrrole nitrogens is 1. The third kappa shape index (κ3) is 2.51. The molecule has 3 heteroatoms. The third-order valence-corrected chi connectivity index (χ3v) is 4.17. The minimum absolute atomic E-state index is 0.410. The molecule has 3 aromatic rings. The number of aryl methyl sites for hydroxylation is 1. The molecule has 106 valence electrons. The maximum absolute atomic E-state index is 4.46. The van der Waals surface area contributed by atoms with Crippen molar-refractivity contribution in [1.29, 1.82) is 0 Å². The first-order valence-electron chi connectivity index (χ1n) is 7.57. The van der Waals surface area contributed by atoms with Crippen molar-refractivity contribution in [1.82, 2.24) is 9.97 Å². The van der Waals surface area contributed by atoms with Gasteiger partial charge in [0.05, 0.1) is 17.1 Å². The number of hydrogen-bond donors (Lipinski definition) is 2. The van der Waals surface area contributed by atoms with Crippen LogP contribution >= 0.6 is 0 Å². The van der Waals surface area contributed by atoms with Gasteiger partial charge in [0.2, 0.25) is 0 Å². The smallest absolute Gasteiger partial charge is 0.104 e. The van der Waals surface area contributed by atoms with E-state index in [4.69, 9.17) is 0 Å². The van der Waals surface area contributed by atoms with E-state index < -0.39 is 0 Å². The largest absolute Gasteiger partial charge is 0.378 e. The highest BCUT2D eigenvalue weighted by Crippen LogP contribution is 2.42. The van der Waals surface area contributed by atoms with Crippen LogP contribution in [0, 0.1) is 12.8 Å². The molecule has 0 bridgehead atoms. The Labute approximate surface area is 124 Å². The van der Waals surface area contributed by atoms with Crippen molar-refractivity contribution in [2.75, 3.05) is 5.32 Å². The molecule has 0 amide bonds. The highest BCUT2D eigenvalue weighted by atomic mass is 15.0. The van der Waals surface area contributed by atoms with E-state index in [2.05, 4.69) is 63.8 Å². The van der Waals surface area contributed by atoms with E-state index in [1.54, 1.807) is 0 Å². The van der Waals surface area contributed by atoms with E-state index in [0.29, 0.717) is 6.04 Å². The van der Waals surface area contributed by atoms with Crippen molar-refractivity contribution in [3.05, 3.63) is 59.9 Å². The Morgan fingerprint density at radius 1 is 1.14 bits per heavy atom. The van der Waals surface area contributed by atoms with Gasteiger partial charge in [0, 0.05) is 5.69 Å². The average Bonchev–Trinajstić information content (AvgIpc) is 3.27. The average molecular weight is 277 g/mol. The summed E-state index contributed by atoms with van der Waals surface area (Å²) in [6, 6.07) is 17.5. The van der Waals surface area contributed by atoms with E-state index in [0.717, 1.165) is 28.5 Å². The zero-order valence-electron chi connectivity index (χ0n) is 12.1. The molecule has 0 spiro atoms. The van der Waals surface area contributed by atoms with Crippen molar-refractivity contribution in [2.24, 2.45) is 5.92 Å². The van der Waals surface area contributed by atoms with Gasteiger partial charge >= 0.3 is 0 Å². The van der Waals surface area contributed by atoms with E-state index in [1.807, 2.05) is 6.92 Å². The lowest BCUT2D eigenvalue weighted by atomic mass is 10.0. The molecule has 0 radical (unpaired) electrons. The summed E-state index contributed by atoms with van der Waals surface area (Å²) in [5.74, 6) is 1.72. The van der Waals surface area contributed by atoms with Gasteiger partial charge < -0.3 is 10.3 Å². The van der Waals surface area contributed by atoms with Crippen LogP contribution in [0.4, 0.5) is 5.69 Å². The van der Waals surface area contributed by atoms with Gasteiger partial charge in [0.15, 0.2) is 0 Å². The number of benzene rings is 2. The van der Waals surface area contributed by atoms with Gasteiger partial charge in [-0.05, 0) is 49.4 Å². The zero-order chi connectivity index (χ0) is 14.2. The normalized spacial score (nSPS) is 16.0. The van der Waals surface area contributed by atoms with Crippen molar-refractivity contribution in [3.8, 4) is 0 Å². The summed E-state index contributed by atoms with van der Waals surface area (Å²) in [6.07, 6.45) is 2.63. The Morgan fingerprint density at radius 3 is 2.71 bits per heavy atom. The monoisotopic (exact) mass is 277 g/mol. The van der Waals surface area contributed by atoms with Crippen LogP contribution in [0.2, 0.25) is 0 Å². The standard InChI is InChI=1S/C18H19N3/c1-12-19-16-10-9-15(11-17(16)20-12)21-18(14-7-8-14)13-5-3-2-4-6-13/h2-6,9-11,14,18,21H,7-8H2,1H3,(H,19,20). The molecule has 1 saturated carbocycles. The first-order valence-corrected chi connectivity index (χ1v) is 7.57. The van der Waals surface area contributed by atoms with Crippen molar-refractivity contribution in [3.63, 3.8) is 0 Å². The fraction of sp³-hybridized carbons (Fsp3) is 0.278. The third-order valence-electron chi connectivity index (χ3n) is 4.17.